The fraction of sp³-hybridized carbons (Fsp3) is 0.304. The number of aryl methyl sites for hydroxylation is 1. The van der Waals surface area contributed by atoms with Gasteiger partial charge in [0.2, 0.25) is 5.95 Å². The van der Waals surface area contributed by atoms with Gasteiger partial charge in [0.15, 0.2) is 5.82 Å². The second kappa shape index (κ2) is 7.08. The fourth-order valence-electron chi connectivity index (χ4n) is 4.76. The van der Waals surface area contributed by atoms with Gasteiger partial charge in [-0.15, -0.1) is 11.3 Å². The van der Waals surface area contributed by atoms with Gasteiger partial charge in [0.25, 0.3) is 0 Å². The van der Waals surface area contributed by atoms with Crippen LogP contribution in [0.2, 0.25) is 0 Å². The van der Waals surface area contributed by atoms with Crippen LogP contribution >= 0.6 is 11.3 Å². The molecule has 0 saturated carbocycles. The molecule has 0 radical (unpaired) electrons. The van der Waals surface area contributed by atoms with E-state index in [2.05, 4.69) is 25.9 Å². The SMILES string of the molecule is Cc1cnc(-c2c3c(c4cnc(N5CCCC5)nc4c2F)COC3)c2c(C#N)c(N)sc12. The van der Waals surface area contributed by atoms with Crippen LogP contribution in [0.1, 0.15) is 35.1 Å². The maximum atomic E-state index is 16.2. The predicted molar refractivity (Wildman–Crippen MR) is 122 cm³/mol. The Bertz CT molecular complexity index is 1470. The highest BCUT2D eigenvalue weighted by atomic mass is 32.1. The molecule has 5 heterocycles. The lowest BCUT2D eigenvalue weighted by atomic mass is 9.93. The lowest BCUT2D eigenvalue weighted by Crippen LogP contribution is -2.20. The molecule has 0 aliphatic carbocycles. The number of nitrogen functional groups attached to an aromatic ring is 1. The molecule has 7 nitrogen and oxygen atoms in total. The van der Waals surface area contributed by atoms with Gasteiger partial charge in [-0.2, -0.15) is 5.26 Å². The Kier molecular flexibility index (Phi) is 4.28. The number of nitriles is 1. The molecule has 1 aromatic carbocycles. The Hall–Kier alpha value is -3.35. The van der Waals surface area contributed by atoms with E-state index in [1.807, 2.05) is 6.92 Å². The molecule has 6 rings (SSSR count). The van der Waals surface area contributed by atoms with E-state index >= 15 is 4.39 Å². The molecule has 2 N–H and O–H groups in total. The topological polar surface area (TPSA) is 101 Å². The van der Waals surface area contributed by atoms with Crippen LogP contribution in [0.15, 0.2) is 12.4 Å². The third kappa shape index (κ3) is 2.63. The van der Waals surface area contributed by atoms with Crippen molar-refractivity contribution in [3.05, 3.63) is 40.5 Å². The van der Waals surface area contributed by atoms with Crippen molar-refractivity contribution in [1.82, 2.24) is 15.0 Å². The summed E-state index contributed by atoms with van der Waals surface area (Å²) >= 11 is 1.33. The summed E-state index contributed by atoms with van der Waals surface area (Å²) in [5.41, 5.74) is 10.0. The van der Waals surface area contributed by atoms with Crippen molar-refractivity contribution in [2.24, 2.45) is 0 Å². The minimum Gasteiger partial charge on any atom is -0.389 e. The van der Waals surface area contributed by atoms with Crippen LogP contribution in [0.4, 0.5) is 15.3 Å². The number of halogens is 1. The molecular formula is C23H19FN6OS. The van der Waals surface area contributed by atoms with Gasteiger partial charge in [-0.25, -0.2) is 14.4 Å². The van der Waals surface area contributed by atoms with Crippen molar-refractivity contribution in [2.75, 3.05) is 23.7 Å². The van der Waals surface area contributed by atoms with Crippen LogP contribution < -0.4 is 10.6 Å². The Morgan fingerprint density at radius 1 is 1.19 bits per heavy atom. The summed E-state index contributed by atoms with van der Waals surface area (Å²) in [6.07, 6.45) is 5.57. The summed E-state index contributed by atoms with van der Waals surface area (Å²) < 4.78 is 22.8. The number of hydrogen-bond donors (Lipinski definition) is 1. The third-order valence-corrected chi connectivity index (χ3v) is 7.50. The molecule has 0 bridgehead atoms. The second-order valence-corrected chi connectivity index (χ2v) is 9.26. The zero-order valence-electron chi connectivity index (χ0n) is 17.4. The number of ether oxygens (including phenoxy) is 1. The summed E-state index contributed by atoms with van der Waals surface area (Å²) in [5.74, 6) is 0.0802. The van der Waals surface area contributed by atoms with Gasteiger partial charge in [-0.3, -0.25) is 4.98 Å². The highest BCUT2D eigenvalue weighted by Crippen LogP contribution is 2.45. The number of fused-ring (bicyclic) bond motifs is 4. The van der Waals surface area contributed by atoms with Crippen LogP contribution in [0.3, 0.4) is 0 Å². The molecular weight excluding hydrogens is 427 g/mol. The second-order valence-electron chi connectivity index (χ2n) is 8.21. The van der Waals surface area contributed by atoms with Crippen LogP contribution in [0, 0.1) is 24.1 Å². The first-order valence-corrected chi connectivity index (χ1v) is 11.3. The van der Waals surface area contributed by atoms with Crippen molar-refractivity contribution in [2.45, 2.75) is 33.0 Å². The van der Waals surface area contributed by atoms with E-state index in [1.165, 1.54) is 11.3 Å². The average Bonchev–Trinajstić information content (AvgIpc) is 3.55. The first-order valence-electron chi connectivity index (χ1n) is 10.5. The van der Waals surface area contributed by atoms with E-state index in [0.717, 1.165) is 47.3 Å². The average molecular weight is 447 g/mol. The highest BCUT2D eigenvalue weighted by Gasteiger charge is 2.30. The van der Waals surface area contributed by atoms with E-state index in [9.17, 15) is 5.26 Å². The highest BCUT2D eigenvalue weighted by molar-refractivity contribution is 7.23. The molecule has 0 spiro atoms. The Morgan fingerprint density at radius 3 is 2.75 bits per heavy atom. The van der Waals surface area contributed by atoms with Gasteiger partial charge in [0.1, 0.15) is 16.6 Å². The molecule has 1 saturated heterocycles. The molecule has 0 amide bonds. The van der Waals surface area contributed by atoms with Crippen molar-refractivity contribution in [3.63, 3.8) is 0 Å². The van der Waals surface area contributed by atoms with Gasteiger partial charge in [0.05, 0.1) is 24.5 Å². The molecule has 3 aromatic heterocycles. The van der Waals surface area contributed by atoms with E-state index in [0.29, 0.717) is 45.1 Å². The van der Waals surface area contributed by atoms with E-state index in [4.69, 9.17) is 10.5 Å². The van der Waals surface area contributed by atoms with E-state index in [1.54, 1.807) is 12.4 Å². The monoisotopic (exact) mass is 446 g/mol. The minimum absolute atomic E-state index is 0.262. The van der Waals surface area contributed by atoms with Crippen LogP contribution in [0.5, 0.6) is 0 Å². The predicted octanol–water partition coefficient (Wildman–Crippen LogP) is 4.44. The molecule has 9 heteroatoms. The lowest BCUT2D eigenvalue weighted by molar-refractivity contribution is 0.135. The number of nitrogens with zero attached hydrogens (tertiary/aromatic N) is 5. The third-order valence-electron chi connectivity index (χ3n) is 6.34. The normalized spacial score (nSPS) is 15.6. The van der Waals surface area contributed by atoms with Crippen molar-refractivity contribution in [3.8, 4) is 17.3 Å². The van der Waals surface area contributed by atoms with E-state index < -0.39 is 5.82 Å². The quantitative estimate of drug-likeness (QED) is 0.486. The number of aromatic nitrogens is 3. The van der Waals surface area contributed by atoms with Crippen LogP contribution in [-0.4, -0.2) is 28.0 Å². The number of rotatable bonds is 2. The summed E-state index contributed by atoms with van der Waals surface area (Å²) in [7, 11) is 0. The largest absolute Gasteiger partial charge is 0.389 e. The summed E-state index contributed by atoms with van der Waals surface area (Å²) in [5, 5.41) is 11.4. The van der Waals surface area contributed by atoms with Gasteiger partial charge in [-0.05, 0) is 36.5 Å². The number of nitrogens with two attached hydrogens (primary N) is 1. The van der Waals surface area contributed by atoms with Gasteiger partial charge in [0, 0.05) is 46.5 Å². The Balaban J connectivity index is 1.70. The zero-order valence-corrected chi connectivity index (χ0v) is 18.2. The van der Waals surface area contributed by atoms with Crippen molar-refractivity contribution in [1.29, 1.82) is 5.26 Å². The smallest absolute Gasteiger partial charge is 0.225 e. The summed E-state index contributed by atoms with van der Waals surface area (Å²) in [6.45, 7) is 4.28. The van der Waals surface area contributed by atoms with E-state index in [-0.39, 0.29) is 12.1 Å². The zero-order chi connectivity index (χ0) is 22.0. The van der Waals surface area contributed by atoms with Gasteiger partial charge >= 0.3 is 0 Å². The Labute approximate surface area is 187 Å². The maximum absolute atomic E-state index is 16.2. The van der Waals surface area contributed by atoms with Gasteiger partial charge in [-0.1, -0.05) is 0 Å². The molecule has 2 aliphatic heterocycles. The molecule has 1 fully saturated rings. The first kappa shape index (κ1) is 19.3. The molecule has 0 atom stereocenters. The Morgan fingerprint density at radius 2 is 1.97 bits per heavy atom. The van der Waals surface area contributed by atoms with Gasteiger partial charge < -0.3 is 15.4 Å². The summed E-state index contributed by atoms with van der Waals surface area (Å²) in [6, 6.07) is 2.19. The fourth-order valence-corrected chi connectivity index (χ4v) is 5.74. The summed E-state index contributed by atoms with van der Waals surface area (Å²) in [4.78, 5) is 15.8. The maximum Gasteiger partial charge on any atom is 0.225 e. The number of anilines is 2. The number of pyridine rings is 1. The molecule has 4 aromatic rings. The first-order chi connectivity index (χ1) is 15.6. The number of hydrogen-bond acceptors (Lipinski definition) is 8. The lowest BCUT2D eigenvalue weighted by Gasteiger charge is -2.17. The molecule has 0 unspecified atom stereocenters. The molecule has 160 valence electrons. The van der Waals surface area contributed by atoms with Crippen molar-refractivity contribution < 1.29 is 9.13 Å². The van der Waals surface area contributed by atoms with Crippen molar-refractivity contribution >= 4 is 43.3 Å². The van der Waals surface area contributed by atoms with Crippen LogP contribution in [0.25, 0.3) is 32.2 Å². The van der Waals surface area contributed by atoms with Crippen LogP contribution in [-0.2, 0) is 18.0 Å². The molecule has 2 aliphatic rings. The molecule has 32 heavy (non-hydrogen) atoms. The standard InChI is InChI=1S/C23H19FN6OS/c1-11-7-27-20(17-12(6-25)22(26)32-21(11)17)16-15-10-31-9-14(15)13-8-28-23(29-19(13)18(16)24)30-4-2-3-5-30/h7-8H,2-5,9-10,26H2,1H3. The number of benzene rings is 1. The minimum atomic E-state index is -0.460. The number of thiophene rings is 1.